The molecule has 0 aromatic heterocycles. The molecular weight excluding hydrogens is 312 g/mol. The van der Waals surface area contributed by atoms with E-state index in [2.05, 4.69) is 21.0 Å². The molecule has 0 fully saturated rings. The normalized spacial score (nSPS) is 15.2. The zero-order chi connectivity index (χ0) is 13.8. The second-order valence-electron chi connectivity index (χ2n) is 4.17. The summed E-state index contributed by atoms with van der Waals surface area (Å²) in [6.07, 6.45) is 0.630. The average molecular weight is 325 g/mol. The summed E-state index contributed by atoms with van der Waals surface area (Å²) >= 11 is 3.34. The fourth-order valence-electron chi connectivity index (χ4n) is 1.63. The fraction of sp³-hybridized carbons (Fsp3) is 0.308. The second kappa shape index (κ2) is 5.97. The number of hydrazone groups is 1. The molecule has 1 heterocycles. The summed E-state index contributed by atoms with van der Waals surface area (Å²) in [6, 6.07) is 7.51. The first kappa shape index (κ1) is 13.7. The predicted molar refractivity (Wildman–Crippen MR) is 73.4 cm³/mol. The molecule has 2 rings (SSSR count). The van der Waals surface area contributed by atoms with Crippen molar-refractivity contribution >= 4 is 33.5 Å². The van der Waals surface area contributed by atoms with E-state index in [1.165, 1.54) is 12.1 Å². The summed E-state index contributed by atoms with van der Waals surface area (Å²) in [6.45, 7) is 0.197. The van der Waals surface area contributed by atoms with Gasteiger partial charge in [-0.05, 0) is 17.7 Å². The molecule has 0 spiro atoms. The van der Waals surface area contributed by atoms with Gasteiger partial charge in [0.25, 0.3) is 0 Å². The number of amides is 1. The van der Waals surface area contributed by atoms with E-state index < -0.39 is 5.97 Å². The van der Waals surface area contributed by atoms with Crippen LogP contribution in [0.4, 0.5) is 0 Å². The molecule has 100 valence electrons. The Bertz CT molecular complexity index is 525. The van der Waals surface area contributed by atoms with E-state index in [-0.39, 0.29) is 12.5 Å². The first-order valence-electron chi connectivity index (χ1n) is 5.82. The lowest BCUT2D eigenvalue weighted by molar-refractivity contribution is -0.137. The van der Waals surface area contributed by atoms with Crippen LogP contribution in [0.1, 0.15) is 18.4 Å². The van der Waals surface area contributed by atoms with Crippen LogP contribution in [-0.2, 0) is 20.9 Å². The largest absolute Gasteiger partial charge is 0.456 e. The van der Waals surface area contributed by atoms with Gasteiger partial charge in [-0.25, -0.2) is 9.80 Å². The van der Waals surface area contributed by atoms with Crippen molar-refractivity contribution < 1.29 is 14.3 Å². The van der Waals surface area contributed by atoms with Crippen molar-refractivity contribution in [2.75, 3.05) is 7.05 Å². The Balaban J connectivity index is 1.93. The van der Waals surface area contributed by atoms with Gasteiger partial charge < -0.3 is 4.74 Å². The fourth-order valence-corrected chi connectivity index (χ4v) is 1.89. The molecule has 0 atom stereocenters. The summed E-state index contributed by atoms with van der Waals surface area (Å²) in [4.78, 5) is 23.0. The standard InChI is InChI=1S/C13H13BrN2O3/c1-16-12(17)7-6-11(15-16)13(18)19-8-9-2-4-10(14)5-3-9/h2-5H,6-8H2,1H3. The molecule has 6 heteroatoms. The number of nitrogens with zero attached hydrogens (tertiary/aromatic N) is 2. The first-order valence-corrected chi connectivity index (χ1v) is 6.61. The Hall–Kier alpha value is -1.69. The molecule has 0 aliphatic carbocycles. The van der Waals surface area contributed by atoms with Gasteiger partial charge in [-0.1, -0.05) is 28.1 Å². The van der Waals surface area contributed by atoms with E-state index in [0.29, 0.717) is 18.6 Å². The highest BCUT2D eigenvalue weighted by Gasteiger charge is 2.22. The highest BCUT2D eigenvalue weighted by Crippen LogP contribution is 2.12. The van der Waals surface area contributed by atoms with Gasteiger partial charge in [0.2, 0.25) is 5.91 Å². The summed E-state index contributed by atoms with van der Waals surface area (Å²) in [7, 11) is 1.53. The van der Waals surface area contributed by atoms with Gasteiger partial charge in [-0.3, -0.25) is 4.79 Å². The molecule has 0 bridgehead atoms. The number of rotatable bonds is 3. The van der Waals surface area contributed by atoms with Crippen molar-refractivity contribution in [2.24, 2.45) is 5.10 Å². The van der Waals surface area contributed by atoms with Gasteiger partial charge in [0.15, 0.2) is 0 Å². The SMILES string of the molecule is CN1N=C(C(=O)OCc2ccc(Br)cc2)CCC1=O. The Morgan fingerprint density at radius 2 is 2.05 bits per heavy atom. The van der Waals surface area contributed by atoms with Crippen molar-refractivity contribution in [3.63, 3.8) is 0 Å². The summed E-state index contributed by atoms with van der Waals surface area (Å²) in [5, 5.41) is 5.09. The van der Waals surface area contributed by atoms with Crippen molar-refractivity contribution in [1.29, 1.82) is 0 Å². The molecule has 1 aromatic rings. The summed E-state index contributed by atoms with van der Waals surface area (Å²) < 4.78 is 6.14. The Morgan fingerprint density at radius 1 is 1.37 bits per heavy atom. The van der Waals surface area contributed by atoms with Crippen molar-refractivity contribution in [2.45, 2.75) is 19.4 Å². The minimum atomic E-state index is -0.470. The van der Waals surface area contributed by atoms with E-state index in [1.807, 2.05) is 24.3 Å². The Kier molecular flexibility index (Phi) is 4.31. The minimum absolute atomic E-state index is 0.0931. The van der Waals surface area contributed by atoms with Crippen LogP contribution in [0.25, 0.3) is 0 Å². The number of ether oxygens (including phenoxy) is 1. The van der Waals surface area contributed by atoms with E-state index in [0.717, 1.165) is 10.0 Å². The maximum absolute atomic E-state index is 11.8. The lowest BCUT2D eigenvalue weighted by Crippen LogP contribution is -2.32. The van der Waals surface area contributed by atoms with Gasteiger partial charge >= 0.3 is 5.97 Å². The monoisotopic (exact) mass is 324 g/mol. The van der Waals surface area contributed by atoms with E-state index in [9.17, 15) is 9.59 Å². The number of hydrogen-bond acceptors (Lipinski definition) is 4. The van der Waals surface area contributed by atoms with Gasteiger partial charge in [-0.2, -0.15) is 5.10 Å². The molecule has 0 N–H and O–H groups in total. The molecule has 1 aromatic carbocycles. The quantitative estimate of drug-likeness (QED) is 0.800. The molecule has 19 heavy (non-hydrogen) atoms. The van der Waals surface area contributed by atoms with Crippen LogP contribution in [0.15, 0.2) is 33.8 Å². The number of halogens is 1. The lowest BCUT2D eigenvalue weighted by Gasteiger charge is -2.18. The Morgan fingerprint density at radius 3 is 2.68 bits per heavy atom. The number of esters is 1. The molecule has 1 aliphatic heterocycles. The molecule has 1 amide bonds. The van der Waals surface area contributed by atoms with Gasteiger partial charge in [-0.15, -0.1) is 0 Å². The van der Waals surface area contributed by atoms with E-state index >= 15 is 0 Å². The van der Waals surface area contributed by atoms with Crippen molar-refractivity contribution in [3.8, 4) is 0 Å². The van der Waals surface area contributed by atoms with Crippen LogP contribution in [0.5, 0.6) is 0 Å². The van der Waals surface area contributed by atoms with E-state index in [4.69, 9.17) is 4.74 Å². The van der Waals surface area contributed by atoms with Crippen molar-refractivity contribution in [3.05, 3.63) is 34.3 Å². The van der Waals surface area contributed by atoms with Crippen LogP contribution in [-0.4, -0.2) is 29.6 Å². The van der Waals surface area contributed by atoms with Crippen LogP contribution >= 0.6 is 15.9 Å². The van der Waals surface area contributed by atoms with Crippen molar-refractivity contribution in [1.82, 2.24) is 5.01 Å². The van der Waals surface area contributed by atoms with E-state index in [1.54, 1.807) is 0 Å². The number of carbonyl (C=O) groups is 2. The Labute approximate surface area is 119 Å². The first-order chi connectivity index (χ1) is 9.06. The van der Waals surface area contributed by atoms with Gasteiger partial charge in [0.1, 0.15) is 12.3 Å². The lowest BCUT2D eigenvalue weighted by atomic mass is 10.2. The summed E-state index contributed by atoms with van der Waals surface area (Å²) in [5.41, 5.74) is 1.19. The second-order valence-corrected chi connectivity index (χ2v) is 5.08. The minimum Gasteiger partial charge on any atom is -0.456 e. The maximum Gasteiger partial charge on any atom is 0.354 e. The third-order valence-electron chi connectivity index (χ3n) is 2.73. The molecule has 0 saturated heterocycles. The molecular formula is C13H13BrN2O3. The number of benzene rings is 1. The van der Waals surface area contributed by atoms with Crippen LogP contribution < -0.4 is 0 Å². The predicted octanol–water partition coefficient (Wildman–Crippen LogP) is 2.10. The topological polar surface area (TPSA) is 59.0 Å². The average Bonchev–Trinajstić information content (AvgIpc) is 2.41. The highest BCUT2D eigenvalue weighted by molar-refractivity contribution is 9.10. The molecule has 1 aliphatic rings. The number of carbonyl (C=O) groups excluding carboxylic acids is 2. The molecule has 0 unspecified atom stereocenters. The third-order valence-corrected chi connectivity index (χ3v) is 3.25. The van der Waals surface area contributed by atoms with Crippen LogP contribution in [0.3, 0.4) is 0 Å². The highest BCUT2D eigenvalue weighted by atomic mass is 79.9. The van der Waals surface area contributed by atoms with Crippen LogP contribution in [0.2, 0.25) is 0 Å². The molecule has 5 nitrogen and oxygen atoms in total. The molecule has 0 saturated carbocycles. The molecule has 0 radical (unpaired) electrons. The van der Waals surface area contributed by atoms with Gasteiger partial charge in [0, 0.05) is 24.4 Å². The zero-order valence-corrected chi connectivity index (χ0v) is 12.0. The van der Waals surface area contributed by atoms with Crippen LogP contribution in [0, 0.1) is 0 Å². The number of hydrogen-bond donors (Lipinski definition) is 0. The maximum atomic E-state index is 11.8. The summed E-state index contributed by atoms with van der Waals surface area (Å²) in [5.74, 6) is -0.563. The zero-order valence-electron chi connectivity index (χ0n) is 10.4. The third kappa shape index (κ3) is 3.64. The smallest absolute Gasteiger partial charge is 0.354 e. The van der Waals surface area contributed by atoms with Gasteiger partial charge in [0.05, 0.1) is 0 Å².